The molecule has 6 nitrogen and oxygen atoms in total. The Hall–Kier alpha value is -3.58. The highest BCUT2D eigenvalue weighted by molar-refractivity contribution is 7.98. The molecule has 0 radical (unpaired) electrons. The molecule has 1 unspecified atom stereocenters. The van der Waals surface area contributed by atoms with E-state index in [2.05, 4.69) is 56.7 Å². The van der Waals surface area contributed by atoms with Crippen LogP contribution in [0.25, 0.3) is 16.4 Å². The van der Waals surface area contributed by atoms with Gasteiger partial charge in [0.05, 0.1) is 18.5 Å². The van der Waals surface area contributed by atoms with Crippen LogP contribution in [-0.2, 0) is 4.79 Å². The molecular weight excluding hydrogens is 442 g/mol. The first kappa shape index (κ1) is 22.2. The Bertz CT molecular complexity index is 1390. The van der Waals surface area contributed by atoms with Gasteiger partial charge < -0.3 is 9.88 Å². The van der Waals surface area contributed by atoms with Crippen LogP contribution in [0, 0.1) is 0 Å². The van der Waals surface area contributed by atoms with Crippen molar-refractivity contribution in [2.45, 2.75) is 24.9 Å². The molecule has 3 aromatic heterocycles. The van der Waals surface area contributed by atoms with Crippen molar-refractivity contribution in [2.75, 3.05) is 12.0 Å². The Kier molecular flexibility index (Phi) is 6.62. The van der Waals surface area contributed by atoms with Crippen molar-refractivity contribution in [3.8, 4) is 0 Å². The zero-order chi connectivity index (χ0) is 23.3. The number of rotatable bonds is 9. The maximum Gasteiger partial charge on any atom is 0.223 e. The van der Waals surface area contributed by atoms with Crippen molar-refractivity contribution in [1.29, 1.82) is 0 Å². The van der Waals surface area contributed by atoms with Gasteiger partial charge in [-0.25, -0.2) is 0 Å². The summed E-state index contributed by atoms with van der Waals surface area (Å²) in [6, 6.07) is 24.1. The zero-order valence-electron chi connectivity index (χ0n) is 19.0. The molecule has 2 atom stereocenters. The van der Waals surface area contributed by atoms with E-state index in [1.165, 1.54) is 10.8 Å². The van der Waals surface area contributed by atoms with Gasteiger partial charge in [0, 0.05) is 18.6 Å². The fraction of sp³-hybridized carbons (Fsp3) is 0.222. The Morgan fingerprint density at radius 1 is 0.941 bits per heavy atom. The quantitative estimate of drug-likeness (QED) is 0.319. The van der Waals surface area contributed by atoms with Crippen LogP contribution < -0.4 is 5.32 Å². The minimum absolute atomic E-state index is 0.00887. The number of aromatic nitrogens is 4. The fourth-order valence-electron chi connectivity index (χ4n) is 4.50. The van der Waals surface area contributed by atoms with Crippen LogP contribution in [0.2, 0.25) is 0 Å². The average molecular weight is 470 g/mol. The maximum atomic E-state index is 13.5. The Balaban J connectivity index is 1.44. The maximum absolute atomic E-state index is 13.5. The molecule has 5 rings (SSSR count). The van der Waals surface area contributed by atoms with Gasteiger partial charge >= 0.3 is 0 Å². The van der Waals surface area contributed by atoms with Crippen molar-refractivity contribution in [3.05, 3.63) is 103 Å². The predicted molar refractivity (Wildman–Crippen MR) is 138 cm³/mol. The lowest BCUT2D eigenvalue weighted by Gasteiger charge is -2.23. The van der Waals surface area contributed by atoms with Crippen molar-refractivity contribution in [2.24, 2.45) is 0 Å². The molecule has 0 saturated carbocycles. The number of nitrogens with one attached hydrogen (secondary N) is 1. The summed E-state index contributed by atoms with van der Waals surface area (Å²) in [4.78, 5) is 13.5. The molecule has 5 aromatic rings. The van der Waals surface area contributed by atoms with E-state index in [1.807, 2.05) is 65.5 Å². The third kappa shape index (κ3) is 4.56. The molecule has 1 N–H and O–H groups in total. The van der Waals surface area contributed by atoms with Crippen molar-refractivity contribution < 1.29 is 4.79 Å². The van der Waals surface area contributed by atoms with Crippen molar-refractivity contribution in [1.82, 2.24) is 24.5 Å². The summed E-state index contributed by atoms with van der Waals surface area (Å²) in [7, 11) is 0. The molecule has 172 valence electrons. The topological polar surface area (TPSA) is 64.2 Å². The minimum Gasteiger partial charge on any atom is -0.346 e. The average Bonchev–Trinajstić information content (AvgIpc) is 3.55. The van der Waals surface area contributed by atoms with E-state index in [-0.39, 0.29) is 18.0 Å². The minimum atomic E-state index is -0.213. The molecule has 0 aliphatic rings. The van der Waals surface area contributed by atoms with Gasteiger partial charge in [-0.05, 0) is 59.0 Å². The lowest BCUT2D eigenvalue weighted by Crippen LogP contribution is -2.32. The van der Waals surface area contributed by atoms with E-state index in [0.717, 1.165) is 29.2 Å². The summed E-state index contributed by atoms with van der Waals surface area (Å²) in [6.07, 6.45) is 9.18. The first-order chi connectivity index (χ1) is 16.7. The molecule has 0 aliphatic carbocycles. The number of amides is 1. The summed E-state index contributed by atoms with van der Waals surface area (Å²) in [6.45, 7) is 0. The number of benzene rings is 2. The Morgan fingerprint density at radius 3 is 2.56 bits per heavy atom. The molecule has 0 bridgehead atoms. The highest BCUT2D eigenvalue weighted by Gasteiger charge is 2.24. The Morgan fingerprint density at radius 2 is 1.71 bits per heavy atom. The van der Waals surface area contributed by atoms with Gasteiger partial charge in [-0.2, -0.15) is 11.8 Å². The third-order valence-corrected chi connectivity index (χ3v) is 6.79. The summed E-state index contributed by atoms with van der Waals surface area (Å²) in [5, 5.41) is 14.3. The molecule has 34 heavy (non-hydrogen) atoms. The number of thioether (sulfide) groups is 1. The van der Waals surface area contributed by atoms with Gasteiger partial charge in [-0.1, -0.05) is 48.5 Å². The van der Waals surface area contributed by atoms with Gasteiger partial charge in [0.1, 0.15) is 0 Å². The fourth-order valence-corrected chi connectivity index (χ4v) is 4.97. The SMILES string of the molecule is CSCC[C@H](NC(=O)CC(c1cccc2ccccc12)n1cccc1)c1nnc2ccccn12. The van der Waals surface area contributed by atoms with Gasteiger partial charge in [-0.3, -0.25) is 9.20 Å². The van der Waals surface area contributed by atoms with Crippen LogP contribution in [0.1, 0.15) is 36.3 Å². The van der Waals surface area contributed by atoms with Crippen LogP contribution >= 0.6 is 11.8 Å². The van der Waals surface area contributed by atoms with Crippen molar-refractivity contribution >= 4 is 34.1 Å². The smallest absolute Gasteiger partial charge is 0.223 e. The van der Waals surface area contributed by atoms with Crippen LogP contribution in [0.5, 0.6) is 0 Å². The van der Waals surface area contributed by atoms with E-state index >= 15 is 0 Å². The molecule has 1 amide bonds. The summed E-state index contributed by atoms with van der Waals surface area (Å²) < 4.78 is 4.07. The molecule has 2 aromatic carbocycles. The van der Waals surface area contributed by atoms with E-state index in [4.69, 9.17) is 0 Å². The highest BCUT2D eigenvalue weighted by Crippen LogP contribution is 2.30. The summed E-state index contributed by atoms with van der Waals surface area (Å²) >= 11 is 1.76. The van der Waals surface area contributed by atoms with E-state index in [1.54, 1.807) is 11.8 Å². The first-order valence-electron chi connectivity index (χ1n) is 11.4. The normalized spacial score (nSPS) is 13.2. The van der Waals surface area contributed by atoms with Gasteiger partial charge in [0.2, 0.25) is 5.91 Å². The molecule has 0 saturated heterocycles. The lowest BCUT2D eigenvalue weighted by atomic mass is 9.96. The summed E-state index contributed by atoms with van der Waals surface area (Å²) in [5.74, 6) is 1.67. The zero-order valence-corrected chi connectivity index (χ0v) is 19.9. The molecule has 0 fully saturated rings. The largest absolute Gasteiger partial charge is 0.346 e. The number of pyridine rings is 1. The third-order valence-electron chi connectivity index (χ3n) is 6.15. The van der Waals surface area contributed by atoms with Gasteiger partial charge in [0.15, 0.2) is 11.5 Å². The van der Waals surface area contributed by atoms with Crippen LogP contribution in [0.4, 0.5) is 0 Å². The predicted octanol–water partition coefficient (Wildman–Crippen LogP) is 5.27. The van der Waals surface area contributed by atoms with Gasteiger partial charge in [-0.15, -0.1) is 10.2 Å². The second kappa shape index (κ2) is 10.1. The molecule has 0 spiro atoms. The number of carbonyl (C=O) groups excluding carboxylic acids is 1. The van der Waals surface area contributed by atoms with Gasteiger partial charge in [0.25, 0.3) is 0 Å². The molecule has 3 heterocycles. The lowest BCUT2D eigenvalue weighted by molar-refractivity contribution is -0.122. The van der Waals surface area contributed by atoms with Crippen LogP contribution in [-0.4, -0.2) is 37.1 Å². The van der Waals surface area contributed by atoms with E-state index in [0.29, 0.717) is 6.42 Å². The van der Waals surface area contributed by atoms with Crippen LogP contribution in [0.15, 0.2) is 91.4 Å². The molecule has 7 heteroatoms. The highest BCUT2D eigenvalue weighted by atomic mass is 32.2. The van der Waals surface area contributed by atoms with E-state index in [9.17, 15) is 4.79 Å². The Labute approximate surface area is 203 Å². The monoisotopic (exact) mass is 469 g/mol. The number of hydrogen-bond acceptors (Lipinski definition) is 4. The summed E-state index contributed by atoms with van der Waals surface area (Å²) in [5.41, 5.74) is 1.92. The number of carbonyl (C=O) groups is 1. The van der Waals surface area contributed by atoms with Crippen molar-refractivity contribution in [3.63, 3.8) is 0 Å². The second-order valence-corrected chi connectivity index (χ2v) is 9.29. The molecular formula is C27H27N5OS. The molecule has 0 aliphatic heterocycles. The second-order valence-electron chi connectivity index (χ2n) is 8.31. The van der Waals surface area contributed by atoms with E-state index < -0.39 is 0 Å². The van der Waals surface area contributed by atoms with Crippen LogP contribution in [0.3, 0.4) is 0 Å². The standard InChI is InChI=1S/C27H27N5OS/c1-34-18-14-23(27-30-29-25-13-4-5-17-32(25)27)28-26(33)19-24(31-15-6-7-16-31)22-12-8-10-20-9-2-3-11-21(20)22/h2-13,15-17,23-24H,14,18-19H2,1H3,(H,28,33)/t23-,24?/m0/s1. The first-order valence-corrected chi connectivity index (χ1v) is 12.8. The number of nitrogens with zero attached hydrogens (tertiary/aromatic N) is 4. The number of hydrogen-bond donors (Lipinski definition) is 1. The number of fused-ring (bicyclic) bond motifs is 2.